The molecule has 0 aliphatic heterocycles. The first-order valence-corrected chi connectivity index (χ1v) is 8.69. The van der Waals surface area contributed by atoms with Crippen LogP contribution in [0.1, 0.15) is 5.56 Å². The minimum absolute atomic E-state index is 0.729. The maximum absolute atomic E-state index is 5.95. The predicted molar refractivity (Wildman–Crippen MR) is 110 cm³/mol. The molecule has 6 heteroatoms. The van der Waals surface area contributed by atoms with Gasteiger partial charge in [-0.1, -0.05) is 0 Å². The summed E-state index contributed by atoms with van der Waals surface area (Å²) in [7, 11) is 0. The van der Waals surface area contributed by atoms with Gasteiger partial charge in [0.1, 0.15) is 11.6 Å². The van der Waals surface area contributed by atoms with Crippen LogP contribution in [-0.2, 0) is 0 Å². The monoisotopic (exact) mass is 354 g/mol. The Hall–Kier alpha value is -3.80. The number of aromatic amines is 2. The molecule has 27 heavy (non-hydrogen) atoms. The molecule has 6 N–H and O–H groups in total. The lowest BCUT2D eigenvalue weighted by molar-refractivity contribution is 1.33. The number of aromatic nitrogens is 4. The summed E-state index contributed by atoms with van der Waals surface area (Å²) in [5.41, 5.74) is 20.0. The van der Waals surface area contributed by atoms with Crippen molar-refractivity contribution in [2.45, 2.75) is 6.92 Å². The standard InChI is InChI=1S/C21H18N6/c1-11-8-15(23)10-18-19(11)27-21(26-18)13-4-7-16-17(9-13)25-20(24-16)12-2-5-14(22)6-3-12/h2-10H,22-23H2,1H3,(H,24,25)(H,26,27). The van der Waals surface area contributed by atoms with Gasteiger partial charge in [0, 0.05) is 22.5 Å². The second-order valence-corrected chi connectivity index (χ2v) is 6.76. The van der Waals surface area contributed by atoms with Gasteiger partial charge in [0.15, 0.2) is 0 Å². The highest BCUT2D eigenvalue weighted by molar-refractivity contribution is 5.88. The van der Waals surface area contributed by atoms with Gasteiger partial charge in [0.05, 0.1) is 22.1 Å². The van der Waals surface area contributed by atoms with Gasteiger partial charge in [-0.15, -0.1) is 0 Å². The number of nitrogens with two attached hydrogens (primary N) is 2. The SMILES string of the molecule is Cc1cc(N)cc2[nH]c(-c3ccc4nc(-c5ccc(N)cc5)[nH]c4c3)nc12. The van der Waals surface area contributed by atoms with Crippen LogP contribution < -0.4 is 11.5 Å². The Morgan fingerprint density at radius 3 is 2.22 bits per heavy atom. The van der Waals surface area contributed by atoms with E-state index in [-0.39, 0.29) is 0 Å². The molecule has 0 spiro atoms. The fourth-order valence-corrected chi connectivity index (χ4v) is 3.39. The quantitative estimate of drug-likeness (QED) is 0.355. The highest BCUT2D eigenvalue weighted by Crippen LogP contribution is 2.28. The average Bonchev–Trinajstić information content (AvgIpc) is 3.25. The number of imidazole rings is 2. The van der Waals surface area contributed by atoms with Crippen molar-refractivity contribution in [2.24, 2.45) is 0 Å². The third-order valence-corrected chi connectivity index (χ3v) is 4.74. The second kappa shape index (κ2) is 5.60. The first-order chi connectivity index (χ1) is 13.1. The number of nitrogens with zero attached hydrogens (tertiary/aromatic N) is 2. The van der Waals surface area contributed by atoms with E-state index >= 15 is 0 Å². The Morgan fingerprint density at radius 2 is 1.41 bits per heavy atom. The zero-order valence-corrected chi connectivity index (χ0v) is 14.7. The normalized spacial score (nSPS) is 11.4. The first kappa shape index (κ1) is 15.5. The molecule has 0 saturated carbocycles. The molecule has 5 rings (SSSR count). The molecule has 0 saturated heterocycles. The summed E-state index contributed by atoms with van der Waals surface area (Å²) in [4.78, 5) is 16.2. The third-order valence-electron chi connectivity index (χ3n) is 4.74. The molecular weight excluding hydrogens is 336 g/mol. The van der Waals surface area contributed by atoms with E-state index < -0.39 is 0 Å². The van der Waals surface area contributed by atoms with Crippen molar-refractivity contribution in [3.05, 3.63) is 60.2 Å². The summed E-state index contributed by atoms with van der Waals surface area (Å²) >= 11 is 0. The van der Waals surface area contributed by atoms with E-state index in [0.29, 0.717) is 0 Å². The van der Waals surface area contributed by atoms with E-state index in [2.05, 4.69) is 21.0 Å². The average molecular weight is 354 g/mol. The minimum Gasteiger partial charge on any atom is -0.399 e. The second-order valence-electron chi connectivity index (χ2n) is 6.76. The molecular formula is C21H18N6. The Bertz CT molecular complexity index is 1290. The maximum atomic E-state index is 5.95. The number of fused-ring (bicyclic) bond motifs is 2. The lowest BCUT2D eigenvalue weighted by Gasteiger charge is -1.97. The Balaban J connectivity index is 1.60. The molecule has 132 valence electrons. The van der Waals surface area contributed by atoms with Crippen molar-refractivity contribution in [1.82, 2.24) is 19.9 Å². The van der Waals surface area contributed by atoms with Crippen LogP contribution in [-0.4, -0.2) is 19.9 Å². The highest BCUT2D eigenvalue weighted by atomic mass is 14.9. The van der Waals surface area contributed by atoms with Crippen molar-refractivity contribution in [3.63, 3.8) is 0 Å². The molecule has 3 aromatic carbocycles. The molecule has 0 aliphatic rings. The lowest BCUT2D eigenvalue weighted by Crippen LogP contribution is -1.86. The predicted octanol–water partition coefficient (Wildman–Crippen LogP) is 4.25. The van der Waals surface area contributed by atoms with Crippen molar-refractivity contribution in [3.8, 4) is 22.8 Å². The molecule has 0 unspecified atom stereocenters. The van der Waals surface area contributed by atoms with E-state index in [1.54, 1.807) is 0 Å². The molecule has 0 atom stereocenters. The number of anilines is 2. The summed E-state index contributed by atoms with van der Waals surface area (Å²) in [6.07, 6.45) is 0. The fourth-order valence-electron chi connectivity index (χ4n) is 3.39. The van der Waals surface area contributed by atoms with Gasteiger partial charge in [-0.2, -0.15) is 0 Å². The van der Waals surface area contributed by atoms with Gasteiger partial charge < -0.3 is 21.4 Å². The van der Waals surface area contributed by atoms with E-state index in [9.17, 15) is 0 Å². The summed E-state index contributed by atoms with van der Waals surface area (Å²) in [5.74, 6) is 1.62. The summed E-state index contributed by atoms with van der Waals surface area (Å²) in [6, 6.07) is 17.6. The lowest BCUT2D eigenvalue weighted by atomic mass is 10.2. The van der Waals surface area contributed by atoms with Crippen molar-refractivity contribution >= 4 is 33.4 Å². The smallest absolute Gasteiger partial charge is 0.138 e. The molecule has 5 aromatic rings. The summed E-state index contributed by atoms with van der Waals surface area (Å²) in [6.45, 7) is 2.01. The van der Waals surface area contributed by atoms with Crippen molar-refractivity contribution in [2.75, 3.05) is 11.5 Å². The van der Waals surface area contributed by atoms with Gasteiger partial charge >= 0.3 is 0 Å². The molecule has 0 fully saturated rings. The van der Waals surface area contributed by atoms with Crippen LogP contribution in [0.25, 0.3) is 44.8 Å². The van der Waals surface area contributed by atoms with Gasteiger partial charge in [0.25, 0.3) is 0 Å². The molecule has 0 bridgehead atoms. The van der Waals surface area contributed by atoms with E-state index in [0.717, 1.165) is 61.8 Å². The summed E-state index contributed by atoms with van der Waals surface area (Å²) < 4.78 is 0. The van der Waals surface area contributed by atoms with E-state index in [1.807, 2.05) is 55.5 Å². The number of hydrogen-bond acceptors (Lipinski definition) is 4. The zero-order chi connectivity index (χ0) is 18.5. The van der Waals surface area contributed by atoms with E-state index in [1.165, 1.54) is 0 Å². The maximum Gasteiger partial charge on any atom is 0.138 e. The van der Waals surface area contributed by atoms with Crippen LogP contribution in [0.2, 0.25) is 0 Å². The molecule has 0 aliphatic carbocycles. The number of nitrogens with one attached hydrogen (secondary N) is 2. The van der Waals surface area contributed by atoms with Crippen LogP contribution in [0, 0.1) is 6.92 Å². The van der Waals surface area contributed by atoms with Crippen LogP contribution in [0.15, 0.2) is 54.6 Å². The molecule has 2 heterocycles. The van der Waals surface area contributed by atoms with Gasteiger partial charge in [0.2, 0.25) is 0 Å². The topological polar surface area (TPSA) is 109 Å². The zero-order valence-electron chi connectivity index (χ0n) is 14.7. The number of nitrogen functional groups attached to an aromatic ring is 2. The Morgan fingerprint density at radius 1 is 0.704 bits per heavy atom. The third kappa shape index (κ3) is 2.58. The highest BCUT2D eigenvalue weighted by Gasteiger charge is 2.11. The van der Waals surface area contributed by atoms with Crippen molar-refractivity contribution in [1.29, 1.82) is 0 Å². The molecule has 2 aromatic heterocycles. The van der Waals surface area contributed by atoms with Crippen molar-refractivity contribution < 1.29 is 0 Å². The first-order valence-electron chi connectivity index (χ1n) is 8.69. The summed E-state index contributed by atoms with van der Waals surface area (Å²) in [5, 5.41) is 0. The molecule has 0 amide bonds. The van der Waals surface area contributed by atoms with Crippen LogP contribution in [0.4, 0.5) is 11.4 Å². The number of H-pyrrole nitrogens is 2. The van der Waals surface area contributed by atoms with Crippen LogP contribution >= 0.6 is 0 Å². The molecule has 0 radical (unpaired) electrons. The van der Waals surface area contributed by atoms with Crippen LogP contribution in [0.5, 0.6) is 0 Å². The van der Waals surface area contributed by atoms with Gasteiger partial charge in [-0.25, -0.2) is 9.97 Å². The fraction of sp³-hybridized carbons (Fsp3) is 0.0476. The van der Waals surface area contributed by atoms with Gasteiger partial charge in [-0.3, -0.25) is 0 Å². The Kier molecular flexibility index (Phi) is 3.21. The Labute approximate surface area is 155 Å². The number of hydrogen-bond donors (Lipinski definition) is 4. The number of aryl methyl sites for hydroxylation is 1. The largest absolute Gasteiger partial charge is 0.399 e. The minimum atomic E-state index is 0.729. The van der Waals surface area contributed by atoms with Crippen LogP contribution in [0.3, 0.4) is 0 Å². The molecule has 6 nitrogen and oxygen atoms in total. The van der Waals surface area contributed by atoms with Gasteiger partial charge in [-0.05, 0) is 67.1 Å². The number of benzene rings is 3. The number of rotatable bonds is 2. The van der Waals surface area contributed by atoms with E-state index in [4.69, 9.17) is 16.5 Å².